The molecule has 2 aliphatic carbocycles. The number of halogens is 2. The quantitative estimate of drug-likeness (QED) is 0.214. The van der Waals surface area contributed by atoms with Crippen molar-refractivity contribution in [3.63, 3.8) is 0 Å². The standard InChI is InChI=1S/C40H32F2N4O4/c1-4-50-39(49)34-30(19-29-25-9-5-7-11-27(25)35-36(40(35,41)42)28-12-8-6-10-26(28)29)33(38(47)48)21(2)44-37(34)23-13-15-24(16-14-23)46-22(3)45-31-20-43-18-17-32(31)46/h5-20,30,35-36,44H,4H2,1-3H3,(H,47,48)/p-1. The predicted octanol–water partition coefficient (Wildman–Crippen LogP) is 6.21. The van der Waals surface area contributed by atoms with Crippen LogP contribution in [0.15, 0.2) is 114 Å². The zero-order chi connectivity index (χ0) is 34.9. The van der Waals surface area contributed by atoms with Crippen LogP contribution >= 0.6 is 0 Å². The summed E-state index contributed by atoms with van der Waals surface area (Å²) in [4.78, 5) is 35.6. The lowest BCUT2D eigenvalue weighted by Crippen LogP contribution is -2.37. The molecule has 1 fully saturated rings. The highest BCUT2D eigenvalue weighted by Crippen LogP contribution is 2.70. The van der Waals surface area contributed by atoms with Crippen molar-refractivity contribution in [2.45, 2.75) is 38.5 Å². The van der Waals surface area contributed by atoms with E-state index in [1.54, 1.807) is 80.8 Å². The van der Waals surface area contributed by atoms with E-state index in [2.05, 4.69) is 15.3 Å². The Morgan fingerprint density at radius 3 is 2.20 bits per heavy atom. The van der Waals surface area contributed by atoms with Gasteiger partial charge in [-0.2, -0.15) is 0 Å². The van der Waals surface area contributed by atoms with Crippen LogP contribution in [0.4, 0.5) is 8.78 Å². The van der Waals surface area contributed by atoms with Crippen LogP contribution < -0.4 is 10.4 Å². The molecule has 1 N–H and O–H groups in total. The number of pyridine rings is 1. The number of carbonyl (C=O) groups is 2. The molecule has 8 rings (SSSR count). The first-order valence-corrected chi connectivity index (χ1v) is 16.4. The summed E-state index contributed by atoms with van der Waals surface area (Å²) in [6.07, 6.45) is 5.11. The molecule has 0 saturated heterocycles. The van der Waals surface area contributed by atoms with Gasteiger partial charge in [-0.25, -0.2) is 18.6 Å². The van der Waals surface area contributed by atoms with E-state index in [9.17, 15) is 14.7 Å². The van der Waals surface area contributed by atoms with Gasteiger partial charge in [0.05, 0.1) is 47.4 Å². The van der Waals surface area contributed by atoms with E-state index in [1.165, 1.54) is 0 Å². The molecule has 8 nitrogen and oxygen atoms in total. The van der Waals surface area contributed by atoms with Crippen molar-refractivity contribution in [3.05, 3.63) is 148 Å². The number of benzene rings is 3. The second-order valence-electron chi connectivity index (χ2n) is 12.7. The zero-order valence-electron chi connectivity index (χ0n) is 27.4. The van der Waals surface area contributed by atoms with Crippen LogP contribution in [0, 0.1) is 12.8 Å². The average molecular weight is 670 g/mol. The van der Waals surface area contributed by atoms with Gasteiger partial charge in [-0.15, -0.1) is 0 Å². The predicted molar refractivity (Wildman–Crippen MR) is 182 cm³/mol. The SMILES string of the molecule is CCOC(=O)C1=C(c2ccc(-n3c(C)nc4cnccc43)cc2)NC(C)=C(C(=O)[O-])C1C=C1c2ccccc2C2C(c3ccccc31)C2(F)F. The Kier molecular flexibility index (Phi) is 7.29. The van der Waals surface area contributed by atoms with Crippen molar-refractivity contribution < 1.29 is 28.2 Å². The van der Waals surface area contributed by atoms with E-state index in [1.807, 2.05) is 41.8 Å². The topological polar surface area (TPSA) is 109 Å². The Morgan fingerprint density at radius 1 is 0.940 bits per heavy atom. The molecule has 0 radical (unpaired) electrons. The molecule has 50 heavy (non-hydrogen) atoms. The van der Waals surface area contributed by atoms with Gasteiger partial charge in [0, 0.05) is 29.1 Å². The molecule has 3 aromatic carbocycles. The van der Waals surface area contributed by atoms with Crippen molar-refractivity contribution in [2.75, 3.05) is 6.61 Å². The number of carboxylic acid groups (broad SMARTS) is 1. The minimum Gasteiger partial charge on any atom is -0.545 e. The molecule has 2 aromatic heterocycles. The monoisotopic (exact) mass is 669 g/mol. The van der Waals surface area contributed by atoms with Crippen LogP contribution in [-0.4, -0.2) is 39.0 Å². The minimum atomic E-state index is -2.92. The van der Waals surface area contributed by atoms with Gasteiger partial charge in [-0.1, -0.05) is 66.7 Å². The summed E-state index contributed by atoms with van der Waals surface area (Å²) in [5.41, 5.74) is 6.30. The van der Waals surface area contributed by atoms with E-state index in [4.69, 9.17) is 4.74 Å². The van der Waals surface area contributed by atoms with Crippen molar-refractivity contribution >= 4 is 34.2 Å². The van der Waals surface area contributed by atoms with Crippen molar-refractivity contribution in [1.82, 2.24) is 19.9 Å². The number of hydrogen-bond donors (Lipinski definition) is 1. The fraction of sp³-hybridized carbons (Fsp3) is 0.200. The van der Waals surface area contributed by atoms with Gasteiger partial charge < -0.3 is 20.0 Å². The summed E-state index contributed by atoms with van der Waals surface area (Å²) >= 11 is 0. The largest absolute Gasteiger partial charge is 0.545 e. The van der Waals surface area contributed by atoms with Gasteiger partial charge in [0.1, 0.15) is 11.3 Å². The lowest BCUT2D eigenvalue weighted by atomic mass is 9.80. The van der Waals surface area contributed by atoms with Crippen LogP contribution in [0.2, 0.25) is 0 Å². The number of aryl methyl sites for hydroxylation is 1. The third-order valence-electron chi connectivity index (χ3n) is 9.92. The number of alkyl halides is 2. The van der Waals surface area contributed by atoms with Crippen LogP contribution in [0.1, 0.15) is 59.3 Å². The van der Waals surface area contributed by atoms with Gasteiger partial charge in [0.15, 0.2) is 0 Å². The second-order valence-corrected chi connectivity index (χ2v) is 12.7. The maximum Gasteiger partial charge on any atom is 0.337 e. The molecule has 0 bridgehead atoms. The summed E-state index contributed by atoms with van der Waals surface area (Å²) in [6, 6.07) is 23.3. The van der Waals surface area contributed by atoms with E-state index in [0.717, 1.165) is 22.5 Å². The number of nitrogens with zero attached hydrogens (tertiary/aromatic N) is 3. The van der Waals surface area contributed by atoms with Gasteiger partial charge in [0.2, 0.25) is 0 Å². The molecule has 250 valence electrons. The molecule has 3 heterocycles. The van der Waals surface area contributed by atoms with Crippen molar-refractivity contribution in [1.29, 1.82) is 0 Å². The normalized spacial score (nSPS) is 20.3. The number of hydrogen-bond acceptors (Lipinski definition) is 7. The number of ether oxygens (including phenoxy) is 1. The fourth-order valence-corrected chi connectivity index (χ4v) is 7.74. The van der Waals surface area contributed by atoms with Gasteiger partial charge in [-0.3, -0.25) is 9.55 Å². The molecular formula is C40H31F2N4O4-. The first-order valence-electron chi connectivity index (χ1n) is 16.4. The lowest BCUT2D eigenvalue weighted by molar-refractivity contribution is -0.299. The Balaban J connectivity index is 1.33. The van der Waals surface area contributed by atoms with Crippen molar-refractivity contribution in [2.24, 2.45) is 5.92 Å². The van der Waals surface area contributed by atoms with Crippen LogP contribution in [0.5, 0.6) is 0 Å². The van der Waals surface area contributed by atoms with Gasteiger partial charge >= 0.3 is 5.97 Å². The minimum absolute atomic E-state index is 0.0488. The Morgan fingerprint density at radius 2 is 1.58 bits per heavy atom. The molecular weight excluding hydrogens is 638 g/mol. The number of nitrogens with one attached hydrogen (secondary N) is 1. The first-order chi connectivity index (χ1) is 24.1. The van der Waals surface area contributed by atoms with E-state index in [0.29, 0.717) is 39.1 Å². The van der Waals surface area contributed by atoms with E-state index < -0.39 is 35.6 Å². The first kappa shape index (κ1) is 31.4. The van der Waals surface area contributed by atoms with Crippen LogP contribution in [0.25, 0.3) is 28.0 Å². The number of rotatable bonds is 6. The summed E-state index contributed by atoms with van der Waals surface area (Å²) in [5, 5.41) is 16.1. The maximum atomic E-state index is 15.4. The van der Waals surface area contributed by atoms with Gasteiger partial charge in [-0.05, 0) is 72.4 Å². The molecule has 1 aliphatic heterocycles. The summed E-state index contributed by atoms with van der Waals surface area (Å²) < 4.78 is 38.3. The maximum absolute atomic E-state index is 15.4. The van der Waals surface area contributed by atoms with E-state index in [-0.39, 0.29) is 23.5 Å². The smallest absolute Gasteiger partial charge is 0.337 e. The number of carboxylic acids is 1. The number of fused-ring (bicyclic) bond motifs is 6. The van der Waals surface area contributed by atoms with Gasteiger partial charge in [0.25, 0.3) is 5.92 Å². The molecule has 3 atom stereocenters. The van der Waals surface area contributed by atoms with E-state index >= 15 is 8.78 Å². The molecule has 0 amide bonds. The molecule has 1 saturated carbocycles. The zero-order valence-corrected chi connectivity index (χ0v) is 27.4. The lowest BCUT2D eigenvalue weighted by Gasteiger charge is -2.32. The molecule has 0 spiro atoms. The van der Waals surface area contributed by atoms with Crippen LogP contribution in [-0.2, 0) is 14.3 Å². The number of dihydropyridines is 1. The summed E-state index contributed by atoms with van der Waals surface area (Å²) in [7, 11) is 0. The number of allylic oxidation sites excluding steroid dienone is 2. The average Bonchev–Trinajstić information content (AvgIpc) is 3.56. The number of imidazole rings is 1. The van der Waals surface area contributed by atoms with Crippen molar-refractivity contribution in [3.8, 4) is 5.69 Å². The highest BCUT2D eigenvalue weighted by Gasteiger charge is 2.70. The summed E-state index contributed by atoms with van der Waals surface area (Å²) in [5.74, 6) is -7.50. The second kappa shape index (κ2) is 11.6. The highest BCUT2D eigenvalue weighted by molar-refractivity contribution is 6.04. The molecule has 3 unspecified atom stereocenters. The molecule has 5 aromatic rings. The fourth-order valence-electron chi connectivity index (χ4n) is 7.74. The number of esters is 1. The molecule has 3 aliphatic rings. The Bertz CT molecular complexity index is 2280. The van der Waals surface area contributed by atoms with Crippen LogP contribution in [0.3, 0.4) is 0 Å². The number of aromatic nitrogens is 3. The number of carbonyl (C=O) groups excluding carboxylic acids is 2. The molecule has 10 heteroatoms. The number of aliphatic carboxylic acids is 1. The third-order valence-corrected chi connectivity index (χ3v) is 9.92. The third kappa shape index (κ3) is 4.77. The summed E-state index contributed by atoms with van der Waals surface area (Å²) in [6.45, 7) is 5.24. The highest BCUT2D eigenvalue weighted by atomic mass is 19.3. The Labute approximate surface area is 286 Å². The Hall–Kier alpha value is -5.90.